The Kier molecular flexibility index (Phi) is 4.27. The third kappa shape index (κ3) is 4.10. The Bertz CT molecular complexity index is 656. The Balaban J connectivity index is 1.90. The molecule has 1 aromatic carbocycles. The molecular weight excluding hydrogens is 272 g/mol. The average Bonchev–Trinajstić information content (AvgIpc) is 2.84. The van der Waals surface area contributed by atoms with Crippen molar-refractivity contribution in [2.24, 2.45) is 0 Å². The van der Waals surface area contributed by atoms with E-state index in [1.165, 1.54) is 12.1 Å². The number of carboxylic acids is 1. The molecule has 1 heterocycles. The Labute approximate surface area is 121 Å². The number of amides is 2. The van der Waals surface area contributed by atoms with Crippen LogP contribution in [0.5, 0.6) is 0 Å². The minimum Gasteiger partial charge on any atom is -0.475 e. The van der Waals surface area contributed by atoms with Crippen molar-refractivity contribution < 1.29 is 19.1 Å². The first-order valence-corrected chi connectivity index (χ1v) is 6.39. The molecule has 0 saturated carbocycles. The fourth-order valence-corrected chi connectivity index (χ4v) is 1.98. The lowest BCUT2D eigenvalue weighted by atomic mass is 10.1. The van der Waals surface area contributed by atoms with E-state index in [9.17, 15) is 9.59 Å². The summed E-state index contributed by atoms with van der Waals surface area (Å²) in [5.41, 5.74) is 2.82. The van der Waals surface area contributed by atoms with E-state index in [-0.39, 0.29) is 18.3 Å². The van der Waals surface area contributed by atoms with Crippen molar-refractivity contribution in [3.63, 3.8) is 0 Å². The van der Waals surface area contributed by atoms with Crippen LogP contribution in [0.25, 0.3) is 0 Å². The summed E-state index contributed by atoms with van der Waals surface area (Å²) in [4.78, 5) is 22.4. The van der Waals surface area contributed by atoms with Crippen LogP contribution in [0.15, 0.2) is 34.7 Å². The van der Waals surface area contributed by atoms with Crippen LogP contribution in [0.1, 0.15) is 27.4 Å². The van der Waals surface area contributed by atoms with E-state index < -0.39 is 5.97 Å². The van der Waals surface area contributed by atoms with Crippen LogP contribution in [0.4, 0.5) is 10.5 Å². The predicted molar refractivity (Wildman–Crippen MR) is 77.4 cm³/mol. The fourth-order valence-electron chi connectivity index (χ4n) is 1.98. The molecule has 6 nitrogen and oxygen atoms in total. The average molecular weight is 288 g/mol. The number of anilines is 1. The first-order valence-electron chi connectivity index (χ1n) is 6.39. The van der Waals surface area contributed by atoms with Crippen LogP contribution < -0.4 is 10.6 Å². The summed E-state index contributed by atoms with van der Waals surface area (Å²) < 4.78 is 5.04. The number of carbonyl (C=O) groups excluding carboxylic acids is 1. The number of carboxylic acid groups (broad SMARTS) is 1. The van der Waals surface area contributed by atoms with Crippen LogP contribution in [-0.2, 0) is 6.54 Å². The Hall–Kier alpha value is -2.76. The summed E-state index contributed by atoms with van der Waals surface area (Å²) in [6, 6.07) is 8.22. The maximum atomic E-state index is 11.8. The molecule has 0 atom stereocenters. The van der Waals surface area contributed by atoms with E-state index in [0.29, 0.717) is 11.4 Å². The number of nitrogens with one attached hydrogen (secondary N) is 2. The van der Waals surface area contributed by atoms with Gasteiger partial charge in [0.05, 0.1) is 6.54 Å². The van der Waals surface area contributed by atoms with Crippen molar-refractivity contribution in [2.45, 2.75) is 20.4 Å². The molecule has 0 unspecified atom stereocenters. The third-order valence-electron chi connectivity index (χ3n) is 2.78. The molecule has 2 aromatic rings. The van der Waals surface area contributed by atoms with Gasteiger partial charge in [0.15, 0.2) is 0 Å². The number of carbonyl (C=O) groups is 2. The van der Waals surface area contributed by atoms with Crippen molar-refractivity contribution in [1.29, 1.82) is 0 Å². The van der Waals surface area contributed by atoms with Gasteiger partial charge in [0.25, 0.3) is 0 Å². The van der Waals surface area contributed by atoms with Gasteiger partial charge in [-0.15, -0.1) is 0 Å². The second kappa shape index (κ2) is 6.13. The van der Waals surface area contributed by atoms with Gasteiger partial charge < -0.3 is 20.2 Å². The zero-order valence-electron chi connectivity index (χ0n) is 11.8. The highest BCUT2D eigenvalue weighted by Gasteiger charge is 2.09. The lowest BCUT2D eigenvalue weighted by Gasteiger charge is -2.08. The number of rotatable bonds is 4. The van der Waals surface area contributed by atoms with Crippen LogP contribution in [0.2, 0.25) is 0 Å². The first kappa shape index (κ1) is 14.6. The zero-order chi connectivity index (χ0) is 15.4. The van der Waals surface area contributed by atoms with Gasteiger partial charge >= 0.3 is 12.0 Å². The maximum absolute atomic E-state index is 11.8. The summed E-state index contributed by atoms with van der Waals surface area (Å²) in [5, 5.41) is 14.0. The minimum absolute atomic E-state index is 0.115. The number of aromatic carboxylic acids is 1. The molecule has 1 aromatic heterocycles. The van der Waals surface area contributed by atoms with E-state index in [4.69, 9.17) is 9.52 Å². The van der Waals surface area contributed by atoms with E-state index >= 15 is 0 Å². The summed E-state index contributed by atoms with van der Waals surface area (Å²) in [5.74, 6) is -0.912. The van der Waals surface area contributed by atoms with Crippen LogP contribution in [0, 0.1) is 13.8 Å². The molecule has 0 radical (unpaired) electrons. The SMILES string of the molecule is Cc1cc(C)cc(NC(=O)NCc2ccc(C(=O)O)o2)c1. The molecule has 0 aliphatic heterocycles. The Morgan fingerprint density at radius 3 is 2.38 bits per heavy atom. The highest BCUT2D eigenvalue weighted by molar-refractivity contribution is 5.89. The molecule has 2 rings (SSSR count). The van der Waals surface area contributed by atoms with Gasteiger partial charge in [-0.25, -0.2) is 9.59 Å². The predicted octanol–water partition coefficient (Wildman–Crippen LogP) is 2.92. The maximum Gasteiger partial charge on any atom is 0.371 e. The normalized spacial score (nSPS) is 10.2. The quantitative estimate of drug-likeness (QED) is 0.806. The van der Waals surface area contributed by atoms with Crippen molar-refractivity contribution in [3.8, 4) is 0 Å². The zero-order valence-corrected chi connectivity index (χ0v) is 11.8. The van der Waals surface area contributed by atoms with Gasteiger partial charge in [-0.3, -0.25) is 0 Å². The molecule has 0 aliphatic rings. The highest BCUT2D eigenvalue weighted by Crippen LogP contribution is 2.13. The molecule has 6 heteroatoms. The van der Waals surface area contributed by atoms with Gasteiger partial charge in [-0.1, -0.05) is 6.07 Å². The standard InChI is InChI=1S/C15H16N2O4/c1-9-5-10(2)7-11(6-9)17-15(20)16-8-12-3-4-13(21-12)14(18)19/h3-7H,8H2,1-2H3,(H,18,19)(H2,16,17,20). The molecule has 21 heavy (non-hydrogen) atoms. The van der Waals surface area contributed by atoms with Gasteiger partial charge in [0.2, 0.25) is 5.76 Å². The second-order valence-electron chi connectivity index (χ2n) is 4.76. The molecule has 0 bridgehead atoms. The van der Waals surface area contributed by atoms with E-state index in [0.717, 1.165) is 11.1 Å². The lowest BCUT2D eigenvalue weighted by Crippen LogP contribution is -2.28. The van der Waals surface area contributed by atoms with Crippen molar-refractivity contribution in [1.82, 2.24) is 5.32 Å². The third-order valence-corrected chi connectivity index (χ3v) is 2.78. The number of hydrogen-bond acceptors (Lipinski definition) is 3. The number of urea groups is 1. The van der Waals surface area contributed by atoms with E-state index in [1.54, 1.807) is 0 Å². The molecule has 0 spiro atoms. The Morgan fingerprint density at radius 1 is 1.14 bits per heavy atom. The number of aryl methyl sites for hydroxylation is 2. The largest absolute Gasteiger partial charge is 0.475 e. The lowest BCUT2D eigenvalue weighted by molar-refractivity contribution is 0.0660. The summed E-state index contributed by atoms with van der Waals surface area (Å²) in [7, 11) is 0. The van der Waals surface area contributed by atoms with E-state index in [2.05, 4.69) is 10.6 Å². The summed E-state index contributed by atoms with van der Waals surface area (Å²) >= 11 is 0. The number of benzene rings is 1. The number of furan rings is 1. The van der Waals surface area contributed by atoms with Crippen LogP contribution in [0.3, 0.4) is 0 Å². The van der Waals surface area contributed by atoms with Gasteiger partial charge in [0, 0.05) is 5.69 Å². The topological polar surface area (TPSA) is 91.6 Å². The van der Waals surface area contributed by atoms with Crippen LogP contribution >= 0.6 is 0 Å². The number of hydrogen-bond donors (Lipinski definition) is 3. The molecule has 0 fully saturated rings. The van der Waals surface area contributed by atoms with Crippen molar-refractivity contribution in [3.05, 3.63) is 53.0 Å². The van der Waals surface area contributed by atoms with E-state index in [1.807, 2.05) is 32.0 Å². The summed E-state index contributed by atoms with van der Waals surface area (Å²) in [6.07, 6.45) is 0. The van der Waals surface area contributed by atoms with Crippen molar-refractivity contribution in [2.75, 3.05) is 5.32 Å². The summed E-state index contributed by atoms with van der Waals surface area (Å²) in [6.45, 7) is 4.02. The molecular formula is C15H16N2O4. The first-order chi connectivity index (χ1) is 9.94. The molecule has 0 saturated heterocycles. The molecule has 3 N–H and O–H groups in total. The molecule has 0 aliphatic carbocycles. The fraction of sp³-hybridized carbons (Fsp3) is 0.200. The molecule has 2 amide bonds. The van der Waals surface area contributed by atoms with Crippen LogP contribution in [-0.4, -0.2) is 17.1 Å². The Morgan fingerprint density at radius 2 is 1.81 bits per heavy atom. The highest BCUT2D eigenvalue weighted by atomic mass is 16.4. The minimum atomic E-state index is -1.14. The smallest absolute Gasteiger partial charge is 0.371 e. The monoisotopic (exact) mass is 288 g/mol. The van der Waals surface area contributed by atoms with Crippen molar-refractivity contribution >= 4 is 17.7 Å². The molecule has 110 valence electrons. The van der Waals surface area contributed by atoms with Gasteiger partial charge in [0.1, 0.15) is 5.76 Å². The van der Waals surface area contributed by atoms with Gasteiger partial charge in [-0.05, 0) is 49.2 Å². The van der Waals surface area contributed by atoms with Gasteiger partial charge in [-0.2, -0.15) is 0 Å². The second-order valence-corrected chi connectivity index (χ2v) is 4.76.